The highest BCUT2D eigenvalue weighted by Crippen LogP contribution is 2.08. The van der Waals surface area contributed by atoms with Gasteiger partial charge in [-0.25, -0.2) is 4.79 Å². The maximum atomic E-state index is 11.5. The molecule has 1 aromatic rings. The first-order chi connectivity index (χ1) is 9.76. The number of carbonyl (C=O) groups excluding carboxylic acids is 1. The summed E-state index contributed by atoms with van der Waals surface area (Å²) < 4.78 is 5.18. The first-order valence-corrected chi connectivity index (χ1v) is 7.26. The van der Waals surface area contributed by atoms with Crippen molar-refractivity contribution < 1.29 is 9.53 Å². The van der Waals surface area contributed by atoms with Crippen molar-refractivity contribution in [3.05, 3.63) is 29.8 Å². The lowest BCUT2D eigenvalue weighted by molar-refractivity contribution is 0.0526. The van der Waals surface area contributed by atoms with Crippen molar-refractivity contribution in [1.29, 1.82) is 0 Å². The van der Waals surface area contributed by atoms with Crippen LogP contribution in [0.15, 0.2) is 24.3 Å². The Kier molecular flexibility index (Phi) is 6.49. The first kappa shape index (κ1) is 17.3. The molecule has 0 spiro atoms. The molecule has 0 saturated carbocycles. The molecule has 1 rings (SSSR count). The number of nitrogens with two attached hydrogens (primary N) is 1. The Labute approximate surface area is 127 Å². The van der Waals surface area contributed by atoms with Crippen molar-refractivity contribution in [3.8, 4) is 0 Å². The molecule has 0 bridgehead atoms. The van der Waals surface area contributed by atoms with E-state index in [1.54, 1.807) is 0 Å². The van der Waals surface area contributed by atoms with Gasteiger partial charge in [-0.3, -0.25) is 0 Å². The molecular formula is C16H27N3O2. The molecule has 3 N–H and O–H groups in total. The second kappa shape index (κ2) is 7.88. The highest BCUT2D eigenvalue weighted by atomic mass is 16.6. The molecular weight excluding hydrogens is 266 g/mol. The summed E-state index contributed by atoms with van der Waals surface area (Å²) in [5.74, 6) is 0. The van der Waals surface area contributed by atoms with Crippen LogP contribution in [0.2, 0.25) is 0 Å². The molecule has 0 aliphatic carbocycles. The van der Waals surface area contributed by atoms with E-state index >= 15 is 0 Å². The summed E-state index contributed by atoms with van der Waals surface area (Å²) in [7, 11) is 2.06. The number of hydrogen-bond donors (Lipinski definition) is 2. The van der Waals surface area contributed by atoms with Gasteiger partial charge in [0.2, 0.25) is 0 Å². The Balaban J connectivity index is 2.17. The molecule has 0 aliphatic heterocycles. The second-order valence-corrected chi connectivity index (χ2v) is 6.26. The molecule has 0 fully saturated rings. The lowest BCUT2D eigenvalue weighted by Crippen LogP contribution is -2.34. The number of alkyl carbamates (subject to hydrolysis) is 1. The lowest BCUT2D eigenvalue weighted by atomic mass is 10.2. The normalized spacial score (nSPS) is 11.5. The number of benzene rings is 1. The van der Waals surface area contributed by atoms with E-state index in [2.05, 4.69) is 17.3 Å². The van der Waals surface area contributed by atoms with Crippen molar-refractivity contribution in [3.63, 3.8) is 0 Å². The van der Waals surface area contributed by atoms with Gasteiger partial charge in [0.05, 0.1) is 0 Å². The highest BCUT2D eigenvalue weighted by Gasteiger charge is 2.15. The molecule has 0 heterocycles. The molecule has 0 radical (unpaired) electrons. The Morgan fingerprint density at radius 1 is 1.29 bits per heavy atom. The Bertz CT molecular complexity index is 438. The average molecular weight is 293 g/mol. The predicted octanol–water partition coefficient (Wildman–Crippen LogP) is 2.62. The van der Waals surface area contributed by atoms with Crippen LogP contribution in [0.25, 0.3) is 0 Å². The van der Waals surface area contributed by atoms with E-state index in [1.807, 2.05) is 45.0 Å². The molecule has 1 aromatic carbocycles. The van der Waals surface area contributed by atoms with Gasteiger partial charge in [0.1, 0.15) is 5.60 Å². The Morgan fingerprint density at radius 2 is 1.90 bits per heavy atom. The summed E-state index contributed by atoms with van der Waals surface area (Å²) in [6.45, 7) is 7.95. The van der Waals surface area contributed by atoms with Crippen LogP contribution >= 0.6 is 0 Å². The molecule has 0 saturated heterocycles. The van der Waals surface area contributed by atoms with E-state index in [0.29, 0.717) is 6.54 Å². The molecule has 118 valence electrons. The maximum absolute atomic E-state index is 11.5. The Morgan fingerprint density at radius 3 is 2.48 bits per heavy atom. The smallest absolute Gasteiger partial charge is 0.407 e. The van der Waals surface area contributed by atoms with Gasteiger partial charge in [-0.15, -0.1) is 0 Å². The number of nitrogens with zero attached hydrogens (tertiary/aromatic N) is 1. The van der Waals surface area contributed by atoms with Gasteiger partial charge in [-0.05, 0) is 58.5 Å². The third-order valence-corrected chi connectivity index (χ3v) is 2.82. The number of nitrogens with one attached hydrogen (secondary N) is 1. The number of hydrogen-bond acceptors (Lipinski definition) is 4. The van der Waals surface area contributed by atoms with Gasteiger partial charge in [0, 0.05) is 18.8 Å². The number of carbonyl (C=O) groups is 1. The zero-order valence-electron chi connectivity index (χ0n) is 13.5. The minimum Gasteiger partial charge on any atom is -0.444 e. The van der Waals surface area contributed by atoms with Crippen LogP contribution in [0, 0.1) is 0 Å². The number of rotatable bonds is 6. The maximum Gasteiger partial charge on any atom is 0.407 e. The standard InChI is InChI=1S/C16H27N3O2/c1-16(2,3)21-15(20)18-10-5-11-19(4)12-13-6-8-14(17)9-7-13/h6-9H,5,10-12,17H2,1-4H3,(H,18,20). The van der Waals surface area contributed by atoms with Crippen LogP contribution in [-0.4, -0.2) is 36.7 Å². The Hall–Kier alpha value is -1.75. The molecule has 5 heteroatoms. The predicted molar refractivity (Wildman–Crippen MR) is 86.0 cm³/mol. The molecule has 0 unspecified atom stereocenters. The molecule has 0 aromatic heterocycles. The SMILES string of the molecule is CN(CCCNC(=O)OC(C)(C)C)Cc1ccc(N)cc1. The first-order valence-electron chi connectivity index (χ1n) is 7.26. The average Bonchev–Trinajstić information content (AvgIpc) is 2.35. The van der Waals surface area contributed by atoms with Gasteiger partial charge in [0.15, 0.2) is 0 Å². The van der Waals surface area contributed by atoms with Crippen LogP contribution in [0.1, 0.15) is 32.8 Å². The lowest BCUT2D eigenvalue weighted by Gasteiger charge is -2.20. The summed E-state index contributed by atoms with van der Waals surface area (Å²) in [5.41, 5.74) is 7.22. The zero-order chi connectivity index (χ0) is 15.9. The fraction of sp³-hybridized carbons (Fsp3) is 0.562. The summed E-state index contributed by atoms with van der Waals surface area (Å²) in [5, 5.41) is 2.76. The van der Waals surface area contributed by atoms with Crippen molar-refractivity contribution in [2.24, 2.45) is 0 Å². The van der Waals surface area contributed by atoms with Crippen LogP contribution in [0.5, 0.6) is 0 Å². The van der Waals surface area contributed by atoms with Crippen molar-refractivity contribution in [1.82, 2.24) is 10.2 Å². The third-order valence-electron chi connectivity index (χ3n) is 2.82. The molecule has 5 nitrogen and oxygen atoms in total. The fourth-order valence-electron chi connectivity index (χ4n) is 1.87. The van der Waals surface area contributed by atoms with E-state index < -0.39 is 5.60 Å². The molecule has 0 atom stereocenters. The third kappa shape index (κ3) is 8.19. The van der Waals surface area contributed by atoms with Crippen LogP contribution in [0.3, 0.4) is 0 Å². The number of ether oxygens (including phenoxy) is 1. The zero-order valence-corrected chi connectivity index (χ0v) is 13.5. The monoisotopic (exact) mass is 293 g/mol. The summed E-state index contributed by atoms with van der Waals surface area (Å²) >= 11 is 0. The van der Waals surface area contributed by atoms with Gasteiger partial charge in [0.25, 0.3) is 0 Å². The van der Waals surface area contributed by atoms with Gasteiger partial charge in [-0.1, -0.05) is 12.1 Å². The number of nitrogen functional groups attached to an aromatic ring is 1. The fourth-order valence-corrected chi connectivity index (χ4v) is 1.87. The number of amides is 1. The van der Waals surface area contributed by atoms with Gasteiger partial charge in [-0.2, -0.15) is 0 Å². The van der Waals surface area contributed by atoms with Crippen molar-refractivity contribution >= 4 is 11.8 Å². The van der Waals surface area contributed by atoms with Crippen molar-refractivity contribution in [2.45, 2.75) is 39.3 Å². The van der Waals surface area contributed by atoms with E-state index in [4.69, 9.17) is 10.5 Å². The van der Waals surface area contributed by atoms with Crippen LogP contribution in [-0.2, 0) is 11.3 Å². The summed E-state index contributed by atoms with van der Waals surface area (Å²) in [6, 6.07) is 7.88. The molecule has 0 aliphatic rings. The van der Waals surface area contributed by atoms with Gasteiger partial charge < -0.3 is 20.7 Å². The molecule has 1 amide bonds. The van der Waals surface area contributed by atoms with Crippen LogP contribution in [0.4, 0.5) is 10.5 Å². The van der Waals surface area contributed by atoms with E-state index in [-0.39, 0.29) is 6.09 Å². The topological polar surface area (TPSA) is 67.6 Å². The molecule has 21 heavy (non-hydrogen) atoms. The quantitative estimate of drug-likeness (QED) is 0.625. The van der Waals surface area contributed by atoms with Gasteiger partial charge >= 0.3 is 6.09 Å². The highest BCUT2D eigenvalue weighted by molar-refractivity contribution is 5.67. The van der Waals surface area contributed by atoms with Crippen molar-refractivity contribution in [2.75, 3.05) is 25.9 Å². The second-order valence-electron chi connectivity index (χ2n) is 6.26. The summed E-state index contributed by atoms with van der Waals surface area (Å²) in [4.78, 5) is 13.7. The number of anilines is 1. The van der Waals surface area contributed by atoms with E-state index in [9.17, 15) is 4.79 Å². The minimum absolute atomic E-state index is 0.358. The van der Waals surface area contributed by atoms with Crippen LogP contribution < -0.4 is 11.1 Å². The largest absolute Gasteiger partial charge is 0.444 e. The minimum atomic E-state index is -0.448. The van der Waals surface area contributed by atoms with E-state index in [0.717, 1.165) is 25.2 Å². The van der Waals surface area contributed by atoms with E-state index in [1.165, 1.54) is 5.56 Å². The summed E-state index contributed by atoms with van der Waals surface area (Å²) in [6.07, 6.45) is 0.522.